The molecule has 0 atom stereocenters. The lowest BCUT2D eigenvalue weighted by molar-refractivity contribution is -0.118. The molecule has 5 nitrogen and oxygen atoms in total. The SMILES string of the molecule is CCN(C(=O)CCS(=O)(=O)c1ccc2c(c1)CCC2)c1ccc(Br)cn1. The van der Waals surface area contributed by atoms with Gasteiger partial charge in [0.1, 0.15) is 5.82 Å². The Morgan fingerprint density at radius 3 is 2.65 bits per heavy atom. The average Bonchev–Trinajstić information content (AvgIpc) is 3.10. The fourth-order valence-corrected chi connectivity index (χ4v) is 4.72. The summed E-state index contributed by atoms with van der Waals surface area (Å²) in [6.07, 6.45) is 4.57. The smallest absolute Gasteiger partial charge is 0.229 e. The molecule has 7 heteroatoms. The van der Waals surface area contributed by atoms with E-state index in [1.807, 2.05) is 13.0 Å². The molecule has 1 aromatic carbocycles. The minimum Gasteiger partial charge on any atom is -0.297 e. The number of nitrogens with zero attached hydrogens (tertiary/aromatic N) is 2. The maximum Gasteiger partial charge on any atom is 0.229 e. The van der Waals surface area contributed by atoms with Crippen LogP contribution >= 0.6 is 15.9 Å². The number of halogens is 1. The largest absolute Gasteiger partial charge is 0.297 e. The molecule has 0 saturated heterocycles. The van der Waals surface area contributed by atoms with Crippen molar-refractivity contribution in [3.63, 3.8) is 0 Å². The summed E-state index contributed by atoms with van der Waals surface area (Å²) in [5, 5.41) is 0. The fraction of sp³-hybridized carbons (Fsp3) is 0.368. The van der Waals surface area contributed by atoms with Crippen LogP contribution in [0.5, 0.6) is 0 Å². The Morgan fingerprint density at radius 2 is 1.96 bits per heavy atom. The van der Waals surface area contributed by atoms with E-state index in [2.05, 4.69) is 20.9 Å². The summed E-state index contributed by atoms with van der Waals surface area (Å²) in [4.78, 5) is 18.6. The standard InChI is InChI=1S/C19H21BrN2O3S/c1-2-22(18-9-7-16(20)13-21-18)19(23)10-11-26(24,25)17-8-6-14-4-3-5-15(14)12-17/h6-9,12-13H,2-5,10-11H2,1H3. The lowest BCUT2D eigenvalue weighted by Gasteiger charge is -2.20. The fourth-order valence-electron chi connectivity index (χ4n) is 3.21. The number of fused-ring (bicyclic) bond motifs is 1. The first-order chi connectivity index (χ1) is 12.4. The van der Waals surface area contributed by atoms with Gasteiger partial charge in [-0.15, -0.1) is 0 Å². The van der Waals surface area contributed by atoms with Gasteiger partial charge < -0.3 is 0 Å². The molecule has 0 aliphatic heterocycles. The van der Waals surface area contributed by atoms with Crippen LogP contribution in [0.4, 0.5) is 5.82 Å². The van der Waals surface area contributed by atoms with E-state index in [1.54, 1.807) is 30.5 Å². The van der Waals surface area contributed by atoms with Gasteiger partial charge >= 0.3 is 0 Å². The number of pyridine rings is 1. The maximum absolute atomic E-state index is 12.6. The van der Waals surface area contributed by atoms with Crippen LogP contribution in [0.25, 0.3) is 0 Å². The van der Waals surface area contributed by atoms with Crippen molar-refractivity contribution in [3.05, 3.63) is 52.1 Å². The van der Waals surface area contributed by atoms with Crippen molar-refractivity contribution in [2.45, 2.75) is 37.5 Å². The molecular weight excluding hydrogens is 416 g/mol. The zero-order valence-electron chi connectivity index (χ0n) is 14.6. The van der Waals surface area contributed by atoms with Gasteiger partial charge in [-0.25, -0.2) is 13.4 Å². The minimum absolute atomic E-state index is 0.0645. The van der Waals surface area contributed by atoms with Gasteiger partial charge in [0.05, 0.1) is 10.6 Å². The van der Waals surface area contributed by atoms with E-state index in [0.29, 0.717) is 17.3 Å². The van der Waals surface area contributed by atoms with Gasteiger partial charge in [-0.2, -0.15) is 0 Å². The van der Waals surface area contributed by atoms with Gasteiger partial charge in [-0.3, -0.25) is 9.69 Å². The topological polar surface area (TPSA) is 67.3 Å². The van der Waals surface area contributed by atoms with Crippen molar-refractivity contribution < 1.29 is 13.2 Å². The zero-order chi connectivity index (χ0) is 18.7. The van der Waals surface area contributed by atoms with Crippen molar-refractivity contribution >= 4 is 37.5 Å². The highest BCUT2D eigenvalue weighted by Crippen LogP contribution is 2.25. The zero-order valence-corrected chi connectivity index (χ0v) is 17.0. The first-order valence-corrected chi connectivity index (χ1v) is 11.1. The third-order valence-corrected chi connectivity index (χ3v) is 6.80. The minimum atomic E-state index is -3.48. The van der Waals surface area contributed by atoms with Crippen molar-refractivity contribution in [1.82, 2.24) is 4.98 Å². The van der Waals surface area contributed by atoms with Gasteiger partial charge in [0, 0.05) is 23.6 Å². The predicted molar refractivity (Wildman–Crippen MR) is 105 cm³/mol. The van der Waals surface area contributed by atoms with Gasteiger partial charge in [0.2, 0.25) is 5.91 Å². The highest BCUT2D eigenvalue weighted by atomic mass is 79.9. The summed E-state index contributed by atoms with van der Waals surface area (Å²) < 4.78 is 26.1. The van der Waals surface area contributed by atoms with Crippen molar-refractivity contribution in [2.75, 3.05) is 17.2 Å². The molecule has 0 radical (unpaired) electrons. The number of aryl methyl sites for hydroxylation is 2. The molecule has 1 aromatic heterocycles. The molecule has 1 amide bonds. The number of sulfone groups is 1. The number of carbonyl (C=O) groups is 1. The Bertz CT molecular complexity index is 911. The Morgan fingerprint density at radius 1 is 1.19 bits per heavy atom. The van der Waals surface area contributed by atoms with E-state index in [9.17, 15) is 13.2 Å². The number of hydrogen-bond acceptors (Lipinski definition) is 4. The average molecular weight is 437 g/mol. The van der Waals surface area contributed by atoms with E-state index < -0.39 is 9.84 Å². The van der Waals surface area contributed by atoms with Crippen LogP contribution in [0.15, 0.2) is 45.9 Å². The molecule has 138 valence electrons. The van der Waals surface area contributed by atoms with E-state index in [1.165, 1.54) is 10.5 Å². The van der Waals surface area contributed by atoms with Gasteiger partial charge in [-0.05, 0) is 77.5 Å². The summed E-state index contributed by atoms with van der Waals surface area (Å²) in [5.41, 5.74) is 2.35. The molecule has 0 unspecified atom stereocenters. The Hall–Kier alpha value is -1.73. The van der Waals surface area contributed by atoms with Gasteiger partial charge in [0.25, 0.3) is 0 Å². The Kier molecular flexibility index (Phi) is 5.77. The molecule has 0 spiro atoms. The Balaban J connectivity index is 1.70. The van der Waals surface area contributed by atoms with Crippen LogP contribution in [-0.2, 0) is 27.5 Å². The number of benzene rings is 1. The number of carbonyl (C=O) groups excluding carboxylic acids is 1. The van der Waals surface area contributed by atoms with Crippen molar-refractivity contribution in [3.8, 4) is 0 Å². The molecule has 3 rings (SSSR count). The molecule has 2 aromatic rings. The van der Waals surface area contributed by atoms with Crippen LogP contribution in [-0.4, -0.2) is 31.6 Å². The number of anilines is 1. The molecular formula is C19H21BrN2O3S. The third-order valence-electron chi connectivity index (χ3n) is 4.62. The normalized spacial score (nSPS) is 13.5. The predicted octanol–water partition coefficient (Wildman–Crippen LogP) is 3.55. The quantitative estimate of drug-likeness (QED) is 0.693. The molecule has 1 aliphatic carbocycles. The first kappa shape index (κ1) is 19.0. The number of amides is 1. The van der Waals surface area contributed by atoms with Gasteiger partial charge in [-0.1, -0.05) is 6.07 Å². The van der Waals surface area contributed by atoms with E-state index in [4.69, 9.17) is 0 Å². The molecule has 0 fully saturated rings. The van der Waals surface area contributed by atoms with E-state index in [0.717, 1.165) is 29.3 Å². The second-order valence-corrected chi connectivity index (χ2v) is 9.35. The van der Waals surface area contributed by atoms with Crippen LogP contribution < -0.4 is 4.90 Å². The monoisotopic (exact) mass is 436 g/mol. The molecule has 1 aliphatic rings. The first-order valence-electron chi connectivity index (χ1n) is 8.67. The number of hydrogen-bond donors (Lipinski definition) is 0. The summed E-state index contributed by atoms with van der Waals surface area (Å²) in [5.74, 6) is 0.0835. The summed E-state index contributed by atoms with van der Waals surface area (Å²) in [7, 11) is -3.48. The second kappa shape index (κ2) is 7.88. The number of aromatic nitrogens is 1. The van der Waals surface area contributed by atoms with E-state index >= 15 is 0 Å². The maximum atomic E-state index is 12.6. The second-order valence-electron chi connectivity index (χ2n) is 6.33. The molecule has 0 saturated carbocycles. The summed E-state index contributed by atoms with van der Waals surface area (Å²) in [6.45, 7) is 2.28. The number of rotatable bonds is 6. The van der Waals surface area contributed by atoms with Crippen LogP contribution in [0.2, 0.25) is 0 Å². The van der Waals surface area contributed by atoms with E-state index in [-0.39, 0.29) is 18.1 Å². The summed E-state index contributed by atoms with van der Waals surface area (Å²) in [6, 6.07) is 8.88. The molecule has 26 heavy (non-hydrogen) atoms. The lowest BCUT2D eigenvalue weighted by Crippen LogP contribution is -2.32. The van der Waals surface area contributed by atoms with Crippen molar-refractivity contribution in [2.24, 2.45) is 0 Å². The molecule has 1 heterocycles. The van der Waals surface area contributed by atoms with Crippen LogP contribution in [0.3, 0.4) is 0 Å². The van der Waals surface area contributed by atoms with Crippen molar-refractivity contribution in [1.29, 1.82) is 0 Å². The highest BCUT2D eigenvalue weighted by Gasteiger charge is 2.22. The third kappa shape index (κ3) is 4.15. The Labute approximate surface area is 162 Å². The lowest BCUT2D eigenvalue weighted by atomic mass is 10.1. The highest BCUT2D eigenvalue weighted by molar-refractivity contribution is 9.10. The summed E-state index contributed by atoms with van der Waals surface area (Å²) >= 11 is 3.31. The molecule has 0 N–H and O–H groups in total. The molecule has 0 bridgehead atoms. The van der Waals surface area contributed by atoms with Crippen LogP contribution in [0.1, 0.15) is 30.9 Å². The van der Waals surface area contributed by atoms with Gasteiger partial charge in [0.15, 0.2) is 9.84 Å². The van der Waals surface area contributed by atoms with Crippen LogP contribution in [0, 0.1) is 0 Å².